The lowest BCUT2D eigenvalue weighted by atomic mass is 10.0. The lowest BCUT2D eigenvalue weighted by Gasteiger charge is -2.37. The van der Waals surface area contributed by atoms with Gasteiger partial charge in [0.1, 0.15) is 6.54 Å². The fourth-order valence-corrected chi connectivity index (χ4v) is 3.80. The van der Waals surface area contributed by atoms with Gasteiger partial charge in [0, 0.05) is 12.1 Å². The van der Waals surface area contributed by atoms with Gasteiger partial charge in [0.05, 0.1) is 24.6 Å². The van der Waals surface area contributed by atoms with E-state index in [-0.39, 0.29) is 12.5 Å². The van der Waals surface area contributed by atoms with E-state index in [9.17, 15) is 18.0 Å². The summed E-state index contributed by atoms with van der Waals surface area (Å²) >= 11 is 0. The third-order valence-electron chi connectivity index (χ3n) is 4.55. The third-order valence-corrected chi connectivity index (χ3v) is 5.69. The zero-order valence-corrected chi connectivity index (χ0v) is 18.8. The molecule has 0 heterocycles. The molecule has 0 aliphatic carbocycles. The Bertz CT molecular complexity index is 980. The van der Waals surface area contributed by atoms with Crippen LogP contribution in [-0.4, -0.2) is 50.6 Å². The highest BCUT2D eigenvalue weighted by Gasteiger charge is 2.30. The summed E-state index contributed by atoms with van der Waals surface area (Å²) in [4.78, 5) is 26.5. The first-order valence-corrected chi connectivity index (χ1v) is 11.3. The van der Waals surface area contributed by atoms with Crippen molar-refractivity contribution in [2.24, 2.45) is 0 Å². The molecule has 0 unspecified atom stereocenters. The van der Waals surface area contributed by atoms with Crippen LogP contribution in [0.2, 0.25) is 0 Å². The Morgan fingerprint density at radius 3 is 2.00 bits per heavy atom. The fraction of sp³-hybridized carbons (Fsp3) is 0.364. The van der Waals surface area contributed by atoms with E-state index in [1.54, 1.807) is 4.90 Å². The van der Waals surface area contributed by atoms with Gasteiger partial charge in [0.2, 0.25) is 15.9 Å². The maximum absolute atomic E-state index is 13.2. The standard InChI is InChI=1S/C22H28N2O5S/c1-22(2,3)23(15-17-9-7-6-8-10-17)20(25)16-24(30(5,27)28)19-13-11-18(12-14-19)21(26)29-4/h6-14H,15-16H2,1-5H3. The van der Waals surface area contributed by atoms with Crippen molar-refractivity contribution in [3.63, 3.8) is 0 Å². The summed E-state index contributed by atoms with van der Waals surface area (Å²) in [5.41, 5.74) is 1.03. The smallest absolute Gasteiger partial charge is 0.337 e. The molecule has 0 aromatic heterocycles. The number of ether oxygens (including phenoxy) is 1. The molecule has 1 amide bonds. The van der Waals surface area contributed by atoms with E-state index >= 15 is 0 Å². The summed E-state index contributed by atoms with van der Waals surface area (Å²) in [5, 5.41) is 0. The maximum Gasteiger partial charge on any atom is 0.337 e. The van der Waals surface area contributed by atoms with Gasteiger partial charge in [-0.15, -0.1) is 0 Å². The van der Waals surface area contributed by atoms with Crippen molar-refractivity contribution in [2.45, 2.75) is 32.9 Å². The number of rotatable bonds is 7. The molecule has 2 aromatic carbocycles. The van der Waals surface area contributed by atoms with Crippen LogP contribution in [-0.2, 0) is 26.1 Å². The molecule has 2 aromatic rings. The average Bonchev–Trinajstić information content (AvgIpc) is 2.68. The molecule has 0 N–H and O–H groups in total. The van der Waals surface area contributed by atoms with Gasteiger partial charge >= 0.3 is 5.97 Å². The molecule has 0 fully saturated rings. The van der Waals surface area contributed by atoms with Gasteiger partial charge in [-0.05, 0) is 50.6 Å². The summed E-state index contributed by atoms with van der Waals surface area (Å²) in [5.74, 6) is -0.848. The van der Waals surface area contributed by atoms with Crippen molar-refractivity contribution >= 4 is 27.6 Å². The minimum Gasteiger partial charge on any atom is -0.465 e. The molecule has 0 saturated heterocycles. The predicted molar refractivity (Wildman–Crippen MR) is 117 cm³/mol. The van der Waals surface area contributed by atoms with E-state index in [1.165, 1.54) is 31.4 Å². The lowest BCUT2D eigenvalue weighted by Crippen LogP contribution is -2.50. The Balaban J connectivity index is 2.32. The Morgan fingerprint density at radius 2 is 1.53 bits per heavy atom. The first-order chi connectivity index (χ1) is 13.9. The van der Waals surface area contributed by atoms with Crippen LogP contribution < -0.4 is 4.31 Å². The molecule has 0 aliphatic heterocycles. The first kappa shape index (κ1) is 23.4. The van der Waals surface area contributed by atoms with Crippen LogP contribution in [0.1, 0.15) is 36.7 Å². The number of carbonyl (C=O) groups is 2. The normalized spacial score (nSPS) is 11.6. The number of benzene rings is 2. The second-order valence-corrected chi connectivity index (χ2v) is 9.85. The monoisotopic (exact) mass is 432 g/mol. The molecular formula is C22H28N2O5S. The Hall–Kier alpha value is -2.87. The van der Waals surface area contributed by atoms with E-state index in [0.717, 1.165) is 16.1 Å². The number of amides is 1. The quantitative estimate of drug-likeness (QED) is 0.628. The minimum absolute atomic E-state index is 0.293. The molecule has 0 aliphatic rings. The van der Waals surface area contributed by atoms with E-state index in [4.69, 9.17) is 0 Å². The topological polar surface area (TPSA) is 84.0 Å². The van der Waals surface area contributed by atoms with Gasteiger partial charge in [-0.1, -0.05) is 30.3 Å². The van der Waals surface area contributed by atoms with Gasteiger partial charge in [0.25, 0.3) is 0 Å². The van der Waals surface area contributed by atoms with Crippen molar-refractivity contribution in [1.29, 1.82) is 0 Å². The molecule has 30 heavy (non-hydrogen) atoms. The van der Waals surface area contributed by atoms with Crippen molar-refractivity contribution in [1.82, 2.24) is 4.90 Å². The SMILES string of the molecule is COC(=O)c1ccc(N(CC(=O)N(Cc2ccccc2)C(C)(C)C)S(C)(=O)=O)cc1. The molecule has 0 spiro atoms. The number of nitrogens with zero attached hydrogens (tertiary/aromatic N) is 2. The summed E-state index contributed by atoms with van der Waals surface area (Å²) in [6.07, 6.45) is 1.05. The van der Waals surface area contributed by atoms with Gasteiger partial charge in [-0.3, -0.25) is 9.10 Å². The Kier molecular flexibility index (Phi) is 7.25. The van der Waals surface area contributed by atoms with E-state index < -0.39 is 21.5 Å². The van der Waals surface area contributed by atoms with Gasteiger partial charge < -0.3 is 9.64 Å². The van der Waals surface area contributed by atoms with Crippen LogP contribution in [0.4, 0.5) is 5.69 Å². The molecule has 0 atom stereocenters. The van der Waals surface area contributed by atoms with Crippen LogP contribution in [0.3, 0.4) is 0 Å². The molecule has 162 valence electrons. The molecule has 7 nitrogen and oxygen atoms in total. The second-order valence-electron chi connectivity index (χ2n) is 7.94. The van der Waals surface area contributed by atoms with Crippen molar-refractivity contribution in [2.75, 3.05) is 24.2 Å². The first-order valence-electron chi connectivity index (χ1n) is 9.44. The lowest BCUT2D eigenvalue weighted by molar-refractivity contribution is -0.135. The minimum atomic E-state index is -3.73. The number of hydrogen-bond donors (Lipinski definition) is 0. The molecule has 2 rings (SSSR count). The molecule has 0 saturated carbocycles. The van der Waals surface area contributed by atoms with Crippen molar-refractivity contribution in [3.05, 3.63) is 65.7 Å². The van der Waals surface area contributed by atoms with Crippen LogP contribution in [0.25, 0.3) is 0 Å². The van der Waals surface area contributed by atoms with Crippen LogP contribution in [0, 0.1) is 0 Å². The highest BCUT2D eigenvalue weighted by atomic mass is 32.2. The van der Waals surface area contributed by atoms with Crippen LogP contribution in [0.5, 0.6) is 0 Å². The second kappa shape index (κ2) is 9.30. The maximum atomic E-state index is 13.2. The Labute approximate surface area is 178 Å². The number of anilines is 1. The zero-order valence-electron chi connectivity index (χ0n) is 18.0. The van der Waals surface area contributed by atoms with Crippen molar-refractivity contribution < 1.29 is 22.7 Å². The largest absolute Gasteiger partial charge is 0.465 e. The zero-order chi connectivity index (χ0) is 22.5. The van der Waals surface area contributed by atoms with E-state index in [1.807, 2.05) is 51.1 Å². The number of esters is 1. The van der Waals surface area contributed by atoms with Gasteiger partial charge in [0.15, 0.2) is 0 Å². The molecule has 0 radical (unpaired) electrons. The van der Waals surface area contributed by atoms with Gasteiger partial charge in [-0.2, -0.15) is 0 Å². The highest BCUT2D eigenvalue weighted by molar-refractivity contribution is 7.92. The highest BCUT2D eigenvalue weighted by Crippen LogP contribution is 2.22. The van der Waals surface area contributed by atoms with Crippen LogP contribution in [0.15, 0.2) is 54.6 Å². The number of carbonyl (C=O) groups excluding carboxylic acids is 2. The number of hydrogen-bond acceptors (Lipinski definition) is 5. The molecule has 0 bridgehead atoms. The third kappa shape index (κ3) is 6.06. The number of methoxy groups -OCH3 is 1. The van der Waals surface area contributed by atoms with Gasteiger partial charge in [-0.25, -0.2) is 13.2 Å². The summed E-state index contributed by atoms with van der Waals surface area (Å²) in [7, 11) is -2.46. The molecule has 8 heteroatoms. The summed E-state index contributed by atoms with van der Waals surface area (Å²) in [6.45, 7) is 5.74. The predicted octanol–water partition coefficient (Wildman–Crippen LogP) is 3.07. The van der Waals surface area contributed by atoms with E-state index in [2.05, 4.69) is 4.74 Å². The molecular weight excluding hydrogens is 404 g/mol. The average molecular weight is 433 g/mol. The van der Waals surface area contributed by atoms with Crippen molar-refractivity contribution in [3.8, 4) is 0 Å². The fourth-order valence-electron chi connectivity index (χ4n) is 2.96. The summed E-state index contributed by atoms with van der Waals surface area (Å²) in [6, 6.07) is 15.4. The van der Waals surface area contributed by atoms with Crippen LogP contribution >= 0.6 is 0 Å². The van der Waals surface area contributed by atoms with E-state index in [0.29, 0.717) is 17.8 Å². The number of sulfonamides is 1. The Morgan fingerprint density at radius 1 is 0.967 bits per heavy atom. The summed E-state index contributed by atoms with van der Waals surface area (Å²) < 4.78 is 30.6.